The number of halogens is 2. The van der Waals surface area contributed by atoms with Crippen molar-refractivity contribution in [1.29, 1.82) is 0 Å². The summed E-state index contributed by atoms with van der Waals surface area (Å²) in [6.45, 7) is 2.16. The minimum absolute atomic E-state index is 0.183. The van der Waals surface area contributed by atoms with E-state index in [0.717, 1.165) is 11.1 Å². The predicted octanol–water partition coefficient (Wildman–Crippen LogP) is 3.49. The first-order valence-electron chi connectivity index (χ1n) is 6.42. The molecule has 6 heteroatoms. The van der Waals surface area contributed by atoms with Crippen molar-refractivity contribution in [2.24, 2.45) is 0 Å². The van der Waals surface area contributed by atoms with Crippen LogP contribution in [0.1, 0.15) is 11.1 Å². The van der Waals surface area contributed by atoms with Crippen molar-refractivity contribution in [1.82, 2.24) is 20.2 Å². The van der Waals surface area contributed by atoms with Crippen LogP contribution >= 0.6 is 11.6 Å². The second kappa shape index (κ2) is 5.61. The summed E-state index contributed by atoms with van der Waals surface area (Å²) in [5.41, 5.74) is 2.34. The molecule has 1 aromatic heterocycles. The molecular formula is C15H12ClFN4. The van der Waals surface area contributed by atoms with Crippen molar-refractivity contribution < 1.29 is 4.39 Å². The lowest BCUT2D eigenvalue weighted by atomic mass is 10.1. The minimum atomic E-state index is -0.367. The lowest BCUT2D eigenvalue weighted by Gasteiger charge is -2.09. The SMILES string of the molecule is Cc1ccccc1-c1nnnn1Cc1c(F)cccc1Cl. The first-order chi connectivity index (χ1) is 10.2. The van der Waals surface area contributed by atoms with E-state index in [-0.39, 0.29) is 12.4 Å². The van der Waals surface area contributed by atoms with E-state index < -0.39 is 0 Å². The zero-order valence-corrected chi connectivity index (χ0v) is 12.0. The average Bonchev–Trinajstić information content (AvgIpc) is 2.92. The van der Waals surface area contributed by atoms with Crippen LogP contribution in [-0.4, -0.2) is 20.2 Å². The smallest absolute Gasteiger partial charge is 0.182 e. The zero-order valence-electron chi connectivity index (χ0n) is 11.3. The van der Waals surface area contributed by atoms with Gasteiger partial charge >= 0.3 is 0 Å². The van der Waals surface area contributed by atoms with E-state index in [2.05, 4.69) is 15.5 Å². The molecule has 0 spiro atoms. The molecule has 0 saturated carbocycles. The molecule has 4 nitrogen and oxygen atoms in total. The van der Waals surface area contributed by atoms with Crippen LogP contribution < -0.4 is 0 Å². The summed E-state index contributed by atoms with van der Waals surface area (Å²) in [5.74, 6) is 0.223. The van der Waals surface area contributed by atoms with E-state index in [0.29, 0.717) is 16.4 Å². The van der Waals surface area contributed by atoms with Crippen LogP contribution in [0, 0.1) is 12.7 Å². The number of aryl methyl sites for hydroxylation is 1. The Bertz CT molecular complexity index is 765. The predicted molar refractivity (Wildman–Crippen MR) is 78.5 cm³/mol. The van der Waals surface area contributed by atoms with Crippen LogP contribution in [0.25, 0.3) is 11.4 Å². The Morgan fingerprint density at radius 2 is 1.95 bits per heavy atom. The molecule has 0 N–H and O–H groups in total. The van der Waals surface area contributed by atoms with Gasteiger partial charge in [0.2, 0.25) is 0 Å². The third-order valence-electron chi connectivity index (χ3n) is 3.29. The summed E-state index contributed by atoms with van der Waals surface area (Å²) in [6.07, 6.45) is 0. The van der Waals surface area contributed by atoms with Gasteiger partial charge in [0.05, 0.1) is 6.54 Å². The average molecular weight is 303 g/mol. The molecule has 21 heavy (non-hydrogen) atoms. The molecule has 0 fully saturated rings. The standard InChI is InChI=1S/C15H12ClFN4/c1-10-5-2-3-6-11(10)15-18-19-20-21(15)9-12-13(16)7-4-8-14(12)17/h2-8H,9H2,1H3. The number of hydrogen-bond acceptors (Lipinski definition) is 3. The molecule has 3 rings (SSSR count). The molecule has 106 valence electrons. The maximum absolute atomic E-state index is 13.9. The van der Waals surface area contributed by atoms with Crippen molar-refractivity contribution >= 4 is 11.6 Å². The molecule has 0 radical (unpaired) electrons. The van der Waals surface area contributed by atoms with Gasteiger partial charge in [0.1, 0.15) is 5.82 Å². The van der Waals surface area contributed by atoms with Crippen LogP contribution in [0.5, 0.6) is 0 Å². The Balaban J connectivity index is 2.03. The Morgan fingerprint density at radius 1 is 1.14 bits per heavy atom. The van der Waals surface area contributed by atoms with Crippen LogP contribution in [-0.2, 0) is 6.54 Å². The molecule has 3 aromatic rings. The molecule has 0 aliphatic rings. The summed E-state index contributed by atoms with van der Waals surface area (Å²) >= 11 is 6.05. The van der Waals surface area contributed by atoms with E-state index in [1.165, 1.54) is 6.07 Å². The maximum atomic E-state index is 13.9. The van der Waals surface area contributed by atoms with Crippen LogP contribution in [0.3, 0.4) is 0 Å². The van der Waals surface area contributed by atoms with Gasteiger partial charge in [0.15, 0.2) is 5.82 Å². The summed E-state index contributed by atoms with van der Waals surface area (Å²) < 4.78 is 15.4. The molecule has 0 amide bonds. The van der Waals surface area contributed by atoms with Crippen LogP contribution in [0.15, 0.2) is 42.5 Å². The van der Waals surface area contributed by atoms with Gasteiger partial charge < -0.3 is 0 Å². The monoisotopic (exact) mass is 302 g/mol. The van der Waals surface area contributed by atoms with Crippen LogP contribution in [0.4, 0.5) is 4.39 Å². The quantitative estimate of drug-likeness (QED) is 0.744. The lowest BCUT2D eigenvalue weighted by molar-refractivity contribution is 0.579. The van der Waals surface area contributed by atoms with Gasteiger partial charge in [0, 0.05) is 16.1 Å². The number of benzene rings is 2. The first-order valence-corrected chi connectivity index (χ1v) is 6.79. The van der Waals surface area contributed by atoms with Crippen molar-refractivity contribution in [3.63, 3.8) is 0 Å². The van der Waals surface area contributed by atoms with Gasteiger partial charge in [-0.25, -0.2) is 9.07 Å². The van der Waals surface area contributed by atoms with Gasteiger partial charge in [-0.3, -0.25) is 0 Å². The van der Waals surface area contributed by atoms with E-state index in [9.17, 15) is 4.39 Å². The topological polar surface area (TPSA) is 43.6 Å². The highest BCUT2D eigenvalue weighted by molar-refractivity contribution is 6.31. The molecule has 0 atom stereocenters. The molecule has 1 heterocycles. The highest BCUT2D eigenvalue weighted by Gasteiger charge is 2.14. The van der Waals surface area contributed by atoms with Gasteiger partial charge in [-0.1, -0.05) is 41.9 Å². The van der Waals surface area contributed by atoms with Gasteiger partial charge in [0.25, 0.3) is 0 Å². The normalized spacial score (nSPS) is 10.8. The van der Waals surface area contributed by atoms with Crippen molar-refractivity contribution in [3.8, 4) is 11.4 Å². The summed E-state index contributed by atoms with van der Waals surface area (Å²) in [6, 6.07) is 12.4. The Labute approximate surface area is 126 Å². The molecule has 0 unspecified atom stereocenters. The van der Waals surface area contributed by atoms with Crippen molar-refractivity contribution in [2.75, 3.05) is 0 Å². The number of rotatable bonds is 3. The fourth-order valence-corrected chi connectivity index (χ4v) is 2.38. The number of nitrogens with zero attached hydrogens (tertiary/aromatic N) is 4. The third-order valence-corrected chi connectivity index (χ3v) is 3.64. The van der Waals surface area contributed by atoms with Crippen molar-refractivity contribution in [3.05, 3.63) is 64.4 Å². The minimum Gasteiger partial charge on any atom is -0.221 e. The van der Waals surface area contributed by atoms with E-state index in [1.807, 2.05) is 31.2 Å². The maximum Gasteiger partial charge on any atom is 0.182 e. The molecule has 0 aliphatic carbocycles. The third kappa shape index (κ3) is 2.64. The Hall–Kier alpha value is -2.27. The molecule has 0 aliphatic heterocycles. The van der Waals surface area contributed by atoms with E-state index in [1.54, 1.807) is 16.8 Å². The second-order valence-electron chi connectivity index (χ2n) is 4.68. The highest BCUT2D eigenvalue weighted by atomic mass is 35.5. The Morgan fingerprint density at radius 3 is 2.71 bits per heavy atom. The largest absolute Gasteiger partial charge is 0.221 e. The fraction of sp³-hybridized carbons (Fsp3) is 0.133. The van der Waals surface area contributed by atoms with Crippen molar-refractivity contribution in [2.45, 2.75) is 13.5 Å². The molecule has 0 bridgehead atoms. The summed E-state index contributed by atoms with van der Waals surface area (Å²) in [7, 11) is 0. The number of aromatic nitrogens is 4. The number of hydrogen-bond donors (Lipinski definition) is 0. The fourth-order valence-electron chi connectivity index (χ4n) is 2.16. The van der Waals surface area contributed by atoms with Gasteiger partial charge in [-0.05, 0) is 35.0 Å². The molecule has 0 saturated heterocycles. The summed E-state index contributed by atoms with van der Waals surface area (Å²) in [4.78, 5) is 0. The van der Waals surface area contributed by atoms with Gasteiger partial charge in [-0.2, -0.15) is 0 Å². The van der Waals surface area contributed by atoms with Gasteiger partial charge in [-0.15, -0.1) is 5.10 Å². The first kappa shape index (κ1) is 13.7. The highest BCUT2D eigenvalue weighted by Crippen LogP contribution is 2.24. The van der Waals surface area contributed by atoms with E-state index in [4.69, 9.17) is 11.6 Å². The summed E-state index contributed by atoms with van der Waals surface area (Å²) in [5, 5.41) is 12.0. The van der Waals surface area contributed by atoms with Crippen LogP contribution in [0.2, 0.25) is 5.02 Å². The van der Waals surface area contributed by atoms with E-state index >= 15 is 0 Å². The molecular weight excluding hydrogens is 291 g/mol. The Kier molecular flexibility index (Phi) is 3.66. The molecule has 2 aromatic carbocycles. The second-order valence-corrected chi connectivity index (χ2v) is 5.08. The lowest BCUT2D eigenvalue weighted by Crippen LogP contribution is -2.07. The zero-order chi connectivity index (χ0) is 14.8. The number of tetrazole rings is 1.